The van der Waals surface area contributed by atoms with Gasteiger partial charge in [-0.05, 0) is 34.5 Å². The highest BCUT2D eigenvalue weighted by Crippen LogP contribution is 2.17. The Morgan fingerprint density at radius 1 is 0.931 bits per heavy atom. The molecule has 7 heteroatoms. The Labute approximate surface area is 167 Å². The van der Waals surface area contributed by atoms with Crippen molar-refractivity contribution < 1.29 is 19.6 Å². The number of anilines is 1. The maximum Gasteiger partial charge on any atom is 0.274 e. The number of fused-ring (bicyclic) bond motifs is 1. The average molecular weight is 391 g/mol. The van der Waals surface area contributed by atoms with Gasteiger partial charge in [0.05, 0.1) is 0 Å². The lowest BCUT2D eigenvalue weighted by Crippen LogP contribution is -2.44. The first-order valence-electron chi connectivity index (χ1n) is 9.06. The third-order valence-electron chi connectivity index (χ3n) is 4.44. The second-order valence-corrected chi connectivity index (χ2v) is 6.65. The van der Waals surface area contributed by atoms with Crippen molar-refractivity contribution >= 4 is 34.2 Å². The Morgan fingerprint density at radius 2 is 1.69 bits per heavy atom. The normalized spacial score (nSPS) is 11.5. The second kappa shape index (κ2) is 8.99. The number of carbonyl (C=O) groups excluding carboxylic acids is 3. The predicted octanol–water partition coefficient (Wildman–Crippen LogP) is 2.64. The molecule has 3 aromatic carbocycles. The summed E-state index contributed by atoms with van der Waals surface area (Å²) in [4.78, 5) is 36.0. The molecule has 0 aliphatic rings. The lowest BCUT2D eigenvalue weighted by Gasteiger charge is -2.18. The number of amides is 3. The van der Waals surface area contributed by atoms with E-state index in [9.17, 15) is 14.4 Å². The molecule has 148 valence electrons. The van der Waals surface area contributed by atoms with Crippen molar-refractivity contribution in [3.63, 3.8) is 0 Å². The van der Waals surface area contributed by atoms with Crippen molar-refractivity contribution in [2.45, 2.75) is 19.4 Å². The molecule has 3 amide bonds. The van der Waals surface area contributed by atoms with E-state index in [-0.39, 0.29) is 11.5 Å². The maximum atomic E-state index is 12.8. The van der Waals surface area contributed by atoms with Gasteiger partial charge in [-0.1, -0.05) is 48.5 Å². The van der Waals surface area contributed by atoms with E-state index in [0.717, 1.165) is 16.3 Å². The van der Waals surface area contributed by atoms with Gasteiger partial charge in [-0.3, -0.25) is 19.6 Å². The van der Waals surface area contributed by atoms with Crippen LogP contribution in [0.15, 0.2) is 66.7 Å². The minimum absolute atomic E-state index is 0.191. The molecule has 3 aromatic rings. The van der Waals surface area contributed by atoms with Gasteiger partial charge in [-0.2, -0.15) is 0 Å². The summed E-state index contributed by atoms with van der Waals surface area (Å²) in [6.45, 7) is 1.35. The Kier molecular flexibility index (Phi) is 6.21. The Bertz CT molecular complexity index is 1060. The number of hydrogen-bond donors (Lipinski definition) is 4. The third-order valence-corrected chi connectivity index (χ3v) is 4.44. The highest BCUT2D eigenvalue weighted by molar-refractivity contribution is 5.99. The average Bonchev–Trinajstić information content (AvgIpc) is 2.72. The monoisotopic (exact) mass is 391 g/mol. The van der Waals surface area contributed by atoms with E-state index in [2.05, 4.69) is 10.6 Å². The van der Waals surface area contributed by atoms with Crippen LogP contribution in [0.25, 0.3) is 10.8 Å². The molecule has 0 aromatic heterocycles. The minimum Gasteiger partial charge on any atom is -0.344 e. The lowest BCUT2D eigenvalue weighted by atomic mass is 10.0. The van der Waals surface area contributed by atoms with Gasteiger partial charge in [0.2, 0.25) is 11.8 Å². The van der Waals surface area contributed by atoms with E-state index < -0.39 is 17.9 Å². The minimum atomic E-state index is -0.788. The van der Waals surface area contributed by atoms with Gasteiger partial charge in [-0.25, -0.2) is 5.48 Å². The number of carbonyl (C=O) groups is 3. The molecule has 0 spiro atoms. The first-order valence-corrected chi connectivity index (χ1v) is 9.06. The van der Waals surface area contributed by atoms with E-state index in [1.54, 1.807) is 17.6 Å². The van der Waals surface area contributed by atoms with E-state index in [0.29, 0.717) is 12.1 Å². The lowest BCUT2D eigenvalue weighted by molar-refractivity contribution is -0.125. The molecule has 7 nitrogen and oxygen atoms in total. The molecule has 0 bridgehead atoms. The quantitative estimate of drug-likeness (QED) is 0.383. The van der Waals surface area contributed by atoms with E-state index in [1.165, 1.54) is 19.1 Å². The smallest absolute Gasteiger partial charge is 0.274 e. The number of benzene rings is 3. The standard InChI is InChI=1S/C22H21N3O4/c1-14(26)23-20(12-15-9-10-16-5-2-3-6-17(16)11-15)22(28)24-19-8-4-7-18(13-19)21(27)25-29/h2-11,13,20,29H,12H2,1H3,(H,23,26)(H,24,28)(H,25,27). The molecular formula is C22H21N3O4. The molecule has 0 aliphatic heterocycles. The molecule has 1 atom stereocenters. The first-order chi connectivity index (χ1) is 14.0. The van der Waals surface area contributed by atoms with Gasteiger partial charge in [0.25, 0.3) is 5.91 Å². The fourth-order valence-corrected chi connectivity index (χ4v) is 3.09. The van der Waals surface area contributed by atoms with Gasteiger partial charge >= 0.3 is 0 Å². The summed E-state index contributed by atoms with van der Waals surface area (Å²) in [6.07, 6.45) is 0.313. The van der Waals surface area contributed by atoms with Crippen LogP contribution in [0.5, 0.6) is 0 Å². The number of hydroxylamine groups is 1. The SMILES string of the molecule is CC(=O)NC(Cc1ccc2ccccc2c1)C(=O)Nc1cccc(C(=O)NO)c1. The Hall–Kier alpha value is -3.71. The fourth-order valence-electron chi connectivity index (χ4n) is 3.09. The van der Waals surface area contributed by atoms with Crippen molar-refractivity contribution in [3.05, 3.63) is 77.9 Å². The molecule has 3 rings (SSSR count). The van der Waals surface area contributed by atoms with Crippen LogP contribution in [0.1, 0.15) is 22.8 Å². The summed E-state index contributed by atoms with van der Waals surface area (Å²) in [5, 5.41) is 16.3. The molecule has 1 unspecified atom stereocenters. The molecule has 4 N–H and O–H groups in total. The first kappa shape index (κ1) is 20.0. The van der Waals surface area contributed by atoms with Crippen molar-refractivity contribution in [3.8, 4) is 0 Å². The molecule has 29 heavy (non-hydrogen) atoms. The van der Waals surface area contributed by atoms with Crippen molar-refractivity contribution in [2.75, 3.05) is 5.32 Å². The van der Waals surface area contributed by atoms with Gasteiger partial charge in [-0.15, -0.1) is 0 Å². The van der Waals surface area contributed by atoms with Crippen molar-refractivity contribution in [1.29, 1.82) is 0 Å². The zero-order chi connectivity index (χ0) is 20.8. The van der Waals surface area contributed by atoms with Crippen LogP contribution in [-0.4, -0.2) is 29.0 Å². The molecule has 0 saturated heterocycles. The molecule has 0 saturated carbocycles. The summed E-state index contributed by atoms with van der Waals surface area (Å²) in [6, 6.07) is 19.1. The van der Waals surface area contributed by atoms with Gasteiger partial charge in [0, 0.05) is 24.6 Å². The summed E-state index contributed by atoms with van der Waals surface area (Å²) >= 11 is 0. The van der Waals surface area contributed by atoms with Crippen molar-refractivity contribution in [2.24, 2.45) is 0 Å². The van der Waals surface area contributed by atoms with Crippen LogP contribution < -0.4 is 16.1 Å². The van der Waals surface area contributed by atoms with Gasteiger partial charge in [0.15, 0.2) is 0 Å². The summed E-state index contributed by atoms with van der Waals surface area (Å²) < 4.78 is 0. The fraction of sp³-hybridized carbons (Fsp3) is 0.136. The summed E-state index contributed by atoms with van der Waals surface area (Å²) in [7, 11) is 0. The molecule has 0 radical (unpaired) electrons. The zero-order valence-corrected chi connectivity index (χ0v) is 15.8. The predicted molar refractivity (Wildman–Crippen MR) is 110 cm³/mol. The molecule has 0 aliphatic carbocycles. The molecule has 0 fully saturated rings. The van der Waals surface area contributed by atoms with Crippen LogP contribution in [0, 0.1) is 0 Å². The number of nitrogens with one attached hydrogen (secondary N) is 3. The van der Waals surface area contributed by atoms with E-state index in [1.807, 2.05) is 42.5 Å². The Balaban J connectivity index is 1.79. The summed E-state index contributed by atoms with van der Waals surface area (Å²) in [5.41, 5.74) is 3.03. The topological polar surface area (TPSA) is 108 Å². The van der Waals surface area contributed by atoms with Crippen LogP contribution in [0.3, 0.4) is 0 Å². The van der Waals surface area contributed by atoms with Gasteiger partial charge in [0.1, 0.15) is 6.04 Å². The summed E-state index contributed by atoms with van der Waals surface area (Å²) in [5.74, 6) is -1.41. The van der Waals surface area contributed by atoms with Crippen LogP contribution in [0.4, 0.5) is 5.69 Å². The number of hydrogen-bond acceptors (Lipinski definition) is 4. The second-order valence-electron chi connectivity index (χ2n) is 6.65. The maximum absolute atomic E-state index is 12.8. The van der Waals surface area contributed by atoms with Crippen LogP contribution in [-0.2, 0) is 16.0 Å². The van der Waals surface area contributed by atoms with Crippen LogP contribution in [0.2, 0.25) is 0 Å². The third kappa shape index (κ3) is 5.18. The van der Waals surface area contributed by atoms with Gasteiger partial charge < -0.3 is 10.6 Å². The van der Waals surface area contributed by atoms with Crippen LogP contribution >= 0.6 is 0 Å². The van der Waals surface area contributed by atoms with E-state index in [4.69, 9.17) is 5.21 Å². The number of rotatable bonds is 6. The van der Waals surface area contributed by atoms with Crippen molar-refractivity contribution in [1.82, 2.24) is 10.8 Å². The Morgan fingerprint density at radius 3 is 2.41 bits per heavy atom. The highest BCUT2D eigenvalue weighted by atomic mass is 16.5. The largest absolute Gasteiger partial charge is 0.344 e. The highest BCUT2D eigenvalue weighted by Gasteiger charge is 2.20. The molecule has 0 heterocycles. The van der Waals surface area contributed by atoms with E-state index >= 15 is 0 Å². The molecular weight excluding hydrogens is 370 g/mol. The zero-order valence-electron chi connectivity index (χ0n) is 15.8.